The van der Waals surface area contributed by atoms with Crippen molar-refractivity contribution in [2.24, 2.45) is 0 Å². The minimum absolute atomic E-state index is 1.12. The Morgan fingerprint density at radius 1 is 0.692 bits per heavy atom. The number of allylic oxidation sites excluding steroid dienone is 4. The lowest BCUT2D eigenvalue weighted by Gasteiger charge is -1.88. The van der Waals surface area contributed by atoms with Gasteiger partial charge in [0, 0.05) is 0 Å². The summed E-state index contributed by atoms with van der Waals surface area (Å²) in [4.78, 5) is 0. The minimum Gasteiger partial charge on any atom is -0.0882 e. The Morgan fingerprint density at radius 2 is 1.15 bits per heavy atom. The van der Waals surface area contributed by atoms with Crippen LogP contribution in [0.1, 0.15) is 58.8 Å². The summed E-state index contributed by atoms with van der Waals surface area (Å²) in [6.45, 7) is 4.47. The Bertz CT molecular complexity index is 115. The topological polar surface area (TPSA) is 0 Å². The van der Waals surface area contributed by atoms with Crippen molar-refractivity contribution >= 4 is 0 Å². The first-order valence-electron chi connectivity index (χ1n) is 5.71. The lowest BCUT2D eigenvalue weighted by molar-refractivity contribution is 0.811. The third-order valence-electron chi connectivity index (χ3n) is 2.05. The fourth-order valence-electron chi connectivity index (χ4n) is 1.15. The summed E-state index contributed by atoms with van der Waals surface area (Å²) in [5, 5.41) is 0. The standard InChI is InChI=1S/C13H24/c1-3-5-7-9-11-13-12-10-8-6-4-2/h9-12H,3-8,13H2,1-2H3/b11-9+,12-10+. The summed E-state index contributed by atoms with van der Waals surface area (Å²) >= 11 is 0. The normalized spacial score (nSPS) is 11.8. The van der Waals surface area contributed by atoms with Gasteiger partial charge in [0.05, 0.1) is 0 Å². The zero-order valence-corrected chi connectivity index (χ0v) is 9.26. The molecule has 0 unspecified atom stereocenters. The van der Waals surface area contributed by atoms with Gasteiger partial charge in [-0.3, -0.25) is 0 Å². The molecule has 0 aromatic rings. The first-order valence-corrected chi connectivity index (χ1v) is 5.71. The lowest BCUT2D eigenvalue weighted by atomic mass is 10.2. The highest BCUT2D eigenvalue weighted by Crippen LogP contribution is 1.98. The molecule has 0 N–H and O–H groups in total. The van der Waals surface area contributed by atoms with Gasteiger partial charge in [0.1, 0.15) is 0 Å². The summed E-state index contributed by atoms with van der Waals surface area (Å²) in [6, 6.07) is 0. The second-order valence-electron chi connectivity index (χ2n) is 3.46. The average Bonchev–Trinajstić information content (AvgIpc) is 2.16. The van der Waals surface area contributed by atoms with E-state index >= 15 is 0 Å². The van der Waals surface area contributed by atoms with E-state index in [1.54, 1.807) is 0 Å². The maximum atomic E-state index is 2.30. The summed E-state index contributed by atoms with van der Waals surface area (Å²) in [6.07, 6.45) is 18.0. The zero-order valence-electron chi connectivity index (χ0n) is 9.26. The predicted molar refractivity (Wildman–Crippen MR) is 61.9 cm³/mol. The van der Waals surface area contributed by atoms with Crippen LogP contribution in [0.15, 0.2) is 24.3 Å². The van der Waals surface area contributed by atoms with Crippen LogP contribution in [0.25, 0.3) is 0 Å². The smallest absolute Gasteiger partial charge is 0.0169 e. The van der Waals surface area contributed by atoms with Gasteiger partial charge in [0.25, 0.3) is 0 Å². The number of hydrogen-bond donors (Lipinski definition) is 0. The molecule has 0 rings (SSSR count). The van der Waals surface area contributed by atoms with Crippen molar-refractivity contribution in [2.45, 2.75) is 58.8 Å². The molecule has 0 amide bonds. The molecule has 0 aliphatic rings. The molecule has 0 heteroatoms. The van der Waals surface area contributed by atoms with E-state index in [0.29, 0.717) is 0 Å². The monoisotopic (exact) mass is 180 g/mol. The molecule has 0 saturated carbocycles. The highest BCUT2D eigenvalue weighted by molar-refractivity contribution is 4.92. The fourth-order valence-corrected chi connectivity index (χ4v) is 1.15. The van der Waals surface area contributed by atoms with Gasteiger partial charge in [-0.25, -0.2) is 0 Å². The molecule has 0 aromatic carbocycles. The van der Waals surface area contributed by atoms with Crippen molar-refractivity contribution < 1.29 is 0 Å². The van der Waals surface area contributed by atoms with Gasteiger partial charge in [-0.05, 0) is 19.3 Å². The van der Waals surface area contributed by atoms with Crippen LogP contribution in [0.2, 0.25) is 0 Å². The van der Waals surface area contributed by atoms with Crippen LogP contribution in [0.4, 0.5) is 0 Å². The average molecular weight is 180 g/mol. The van der Waals surface area contributed by atoms with E-state index in [0.717, 1.165) is 6.42 Å². The first kappa shape index (κ1) is 12.5. The van der Waals surface area contributed by atoms with Gasteiger partial charge < -0.3 is 0 Å². The fraction of sp³-hybridized carbons (Fsp3) is 0.692. The van der Waals surface area contributed by atoms with Crippen molar-refractivity contribution in [3.63, 3.8) is 0 Å². The molecule has 0 nitrogen and oxygen atoms in total. The van der Waals surface area contributed by atoms with Gasteiger partial charge in [0.15, 0.2) is 0 Å². The van der Waals surface area contributed by atoms with Crippen molar-refractivity contribution in [1.29, 1.82) is 0 Å². The molecule has 13 heavy (non-hydrogen) atoms. The predicted octanol–water partition coefficient (Wildman–Crippen LogP) is 4.87. The molecule has 0 aromatic heterocycles. The van der Waals surface area contributed by atoms with Crippen molar-refractivity contribution in [3.8, 4) is 0 Å². The molecule has 0 spiro atoms. The molecule has 76 valence electrons. The zero-order chi connectivity index (χ0) is 9.78. The van der Waals surface area contributed by atoms with Crippen LogP contribution in [0.3, 0.4) is 0 Å². The van der Waals surface area contributed by atoms with Gasteiger partial charge in [-0.1, -0.05) is 63.8 Å². The molecular weight excluding hydrogens is 156 g/mol. The summed E-state index contributed by atoms with van der Waals surface area (Å²) in [5.74, 6) is 0. The van der Waals surface area contributed by atoms with Gasteiger partial charge >= 0.3 is 0 Å². The molecule has 0 saturated heterocycles. The van der Waals surface area contributed by atoms with Crippen LogP contribution in [0.5, 0.6) is 0 Å². The lowest BCUT2D eigenvalue weighted by Crippen LogP contribution is -1.68. The van der Waals surface area contributed by atoms with E-state index in [1.165, 1.54) is 38.5 Å². The Morgan fingerprint density at radius 3 is 1.54 bits per heavy atom. The van der Waals surface area contributed by atoms with E-state index in [-0.39, 0.29) is 0 Å². The Labute approximate surface area is 83.7 Å². The van der Waals surface area contributed by atoms with E-state index < -0.39 is 0 Å². The number of rotatable bonds is 8. The van der Waals surface area contributed by atoms with Gasteiger partial charge in [-0.15, -0.1) is 0 Å². The number of unbranched alkanes of at least 4 members (excludes halogenated alkanes) is 4. The molecule has 0 bridgehead atoms. The third-order valence-corrected chi connectivity index (χ3v) is 2.05. The van der Waals surface area contributed by atoms with E-state index in [2.05, 4.69) is 38.2 Å². The van der Waals surface area contributed by atoms with Gasteiger partial charge in [0.2, 0.25) is 0 Å². The van der Waals surface area contributed by atoms with E-state index in [4.69, 9.17) is 0 Å². The maximum Gasteiger partial charge on any atom is -0.0169 e. The maximum absolute atomic E-state index is 2.30. The number of hydrogen-bond acceptors (Lipinski definition) is 0. The highest BCUT2D eigenvalue weighted by atomic mass is 13.8. The van der Waals surface area contributed by atoms with Crippen molar-refractivity contribution in [2.75, 3.05) is 0 Å². The summed E-state index contributed by atoms with van der Waals surface area (Å²) in [7, 11) is 0. The molecule has 0 heterocycles. The molecular formula is C13H24. The first-order chi connectivity index (χ1) is 6.41. The van der Waals surface area contributed by atoms with Crippen LogP contribution < -0.4 is 0 Å². The second-order valence-corrected chi connectivity index (χ2v) is 3.46. The van der Waals surface area contributed by atoms with Crippen LogP contribution in [-0.4, -0.2) is 0 Å². The quantitative estimate of drug-likeness (QED) is 0.369. The Hall–Kier alpha value is -0.520. The van der Waals surface area contributed by atoms with Crippen LogP contribution in [0, 0.1) is 0 Å². The minimum atomic E-state index is 1.12. The van der Waals surface area contributed by atoms with E-state index in [1.807, 2.05) is 0 Å². The molecule has 0 aliphatic carbocycles. The van der Waals surface area contributed by atoms with Crippen molar-refractivity contribution in [3.05, 3.63) is 24.3 Å². The molecule has 0 aliphatic heterocycles. The SMILES string of the molecule is CCCC/C=C/C/C=C/CCCC. The summed E-state index contributed by atoms with van der Waals surface area (Å²) in [5.41, 5.74) is 0. The third kappa shape index (κ3) is 11.5. The van der Waals surface area contributed by atoms with Crippen LogP contribution >= 0.6 is 0 Å². The van der Waals surface area contributed by atoms with Crippen molar-refractivity contribution in [1.82, 2.24) is 0 Å². The molecule has 0 atom stereocenters. The Balaban J connectivity index is 3.13. The highest BCUT2D eigenvalue weighted by Gasteiger charge is 1.78. The second kappa shape index (κ2) is 11.5. The van der Waals surface area contributed by atoms with E-state index in [9.17, 15) is 0 Å². The van der Waals surface area contributed by atoms with Gasteiger partial charge in [-0.2, -0.15) is 0 Å². The Kier molecular flexibility index (Phi) is 11.0. The molecule has 0 radical (unpaired) electrons. The van der Waals surface area contributed by atoms with Crippen LogP contribution in [-0.2, 0) is 0 Å². The molecule has 0 fully saturated rings. The largest absolute Gasteiger partial charge is 0.0882 e. The summed E-state index contributed by atoms with van der Waals surface area (Å²) < 4.78 is 0.